The molecular formula is C49H31N3O. The molecule has 53 heavy (non-hydrogen) atoms. The van der Waals surface area contributed by atoms with Gasteiger partial charge in [0.15, 0.2) is 5.82 Å². The Bertz CT molecular complexity index is 2920. The van der Waals surface area contributed by atoms with E-state index in [4.69, 9.17) is 19.4 Å². The number of hydrogen-bond acceptors (Lipinski definition) is 4. The molecule has 0 aliphatic carbocycles. The molecule has 0 saturated heterocycles. The summed E-state index contributed by atoms with van der Waals surface area (Å²) in [6.45, 7) is 0. The lowest BCUT2D eigenvalue weighted by Crippen LogP contribution is -1.97. The van der Waals surface area contributed by atoms with Gasteiger partial charge < -0.3 is 4.42 Å². The van der Waals surface area contributed by atoms with Gasteiger partial charge in [-0.25, -0.2) is 9.97 Å². The number of fused-ring (bicyclic) bond motifs is 4. The number of nitrogens with zero attached hydrogens (tertiary/aromatic N) is 3. The molecule has 248 valence electrons. The van der Waals surface area contributed by atoms with Gasteiger partial charge in [-0.05, 0) is 51.9 Å². The summed E-state index contributed by atoms with van der Waals surface area (Å²) in [5.74, 6) is 0.612. The van der Waals surface area contributed by atoms with E-state index in [-0.39, 0.29) is 0 Å². The molecule has 7 aromatic carbocycles. The Kier molecular flexibility index (Phi) is 7.43. The van der Waals surface area contributed by atoms with Gasteiger partial charge in [-0.2, -0.15) is 0 Å². The first-order valence-electron chi connectivity index (χ1n) is 17.8. The molecule has 0 aliphatic heterocycles. The van der Waals surface area contributed by atoms with Crippen LogP contribution in [0.5, 0.6) is 0 Å². The number of benzene rings is 7. The Morgan fingerprint density at radius 1 is 0.358 bits per heavy atom. The van der Waals surface area contributed by atoms with E-state index in [1.807, 2.05) is 54.7 Å². The van der Waals surface area contributed by atoms with Crippen molar-refractivity contribution >= 4 is 32.7 Å². The van der Waals surface area contributed by atoms with Gasteiger partial charge in [-0.3, -0.25) is 4.98 Å². The molecule has 0 atom stereocenters. The second kappa shape index (κ2) is 12.9. The zero-order valence-electron chi connectivity index (χ0n) is 28.6. The lowest BCUT2D eigenvalue weighted by molar-refractivity contribution is 0.671. The van der Waals surface area contributed by atoms with Gasteiger partial charge in [0.25, 0.3) is 0 Å². The van der Waals surface area contributed by atoms with Crippen LogP contribution in [0.4, 0.5) is 0 Å². The molecule has 0 radical (unpaired) electrons. The van der Waals surface area contributed by atoms with Gasteiger partial charge in [0.1, 0.15) is 11.2 Å². The molecule has 0 N–H and O–H groups in total. The summed E-state index contributed by atoms with van der Waals surface area (Å²) in [5, 5.41) is 4.18. The Hall–Kier alpha value is -7.17. The van der Waals surface area contributed by atoms with E-state index >= 15 is 0 Å². The summed E-state index contributed by atoms with van der Waals surface area (Å²) in [6, 6.07) is 62.9. The summed E-state index contributed by atoms with van der Waals surface area (Å²) in [6.07, 6.45) is 1.92. The van der Waals surface area contributed by atoms with Gasteiger partial charge in [0, 0.05) is 44.6 Å². The Morgan fingerprint density at radius 3 is 1.68 bits per heavy atom. The van der Waals surface area contributed by atoms with Crippen molar-refractivity contribution in [2.24, 2.45) is 0 Å². The highest BCUT2D eigenvalue weighted by molar-refractivity contribution is 6.18. The third-order valence-electron chi connectivity index (χ3n) is 9.96. The predicted octanol–water partition coefficient (Wildman–Crippen LogP) is 12.9. The lowest BCUT2D eigenvalue weighted by atomic mass is 9.96. The van der Waals surface area contributed by atoms with Crippen molar-refractivity contribution in [2.75, 3.05) is 0 Å². The van der Waals surface area contributed by atoms with Crippen molar-refractivity contribution in [2.45, 2.75) is 0 Å². The van der Waals surface area contributed by atoms with E-state index < -0.39 is 0 Å². The minimum Gasteiger partial charge on any atom is -0.455 e. The molecular weight excluding hydrogens is 647 g/mol. The second-order valence-electron chi connectivity index (χ2n) is 13.2. The van der Waals surface area contributed by atoms with Crippen molar-refractivity contribution in [3.05, 3.63) is 188 Å². The highest BCUT2D eigenvalue weighted by atomic mass is 16.3. The smallest absolute Gasteiger partial charge is 0.161 e. The fourth-order valence-electron chi connectivity index (χ4n) is 7.31. The Morgan fingerprint density at radius 2 is 0.925 bits per heavy atom. The molecule has 4 heteroatoms. The quantitative estimate of drug-likeness (QED) is 0.176. The Labute approximate surface area is 306 Å². The SMILES string of the molecule is c1ccc(-c2ccc(-c3cccc4c3oc3c(-c5ccccc5)ccc(-c5nc(-c6ccccc6)cc(-c6cc7ccccc7cn6)n5)c34)cc2)cc1. The summed E-state index contributed by atoms with van der Waals surface area (Å²) in [4.78, 5) is 15.4. The first-order valence-corrected chi connectivity index (χ1v) is 17.8. The van der Waals surface area contributed by atoms with E-state index in [2.05, 4.69) is 133 Å². The summed E-state index contributed by atoms with van der Waals surface area (Å²) in [5.41, 5.74) is 12.5. The van der Waals surface area contributed by atoms with Crippen LogP contribution in [-0.4, -0.2) is 15.0 Å². The van der Waals surface area contributed by atoms with Crippen molar-refractivity contribution in [3.8, 4) is 67.4 Å². The maximum atomic E-state index is 7.01. The molecule has 0 unspecified atom stereocenters. The summed E-state index contributed by atoms with van der Waals surface area (Å²) in [7, 11) is 0. The molecule has 3 aromatic heterocycles. The fraction of sp³-hybridized carbons (Fsp3) is 0. The molecule has 0 saturated carbocycles. The average Bonchev–Trinajstić information content (AvgIpc) is 3.64. The van der Waals surface area contributed by atoms with E-state index in [0.717, 1.165) is 83.2 Å². The first kappa shape index (κ1) is 30.6. The topological polar surface area (TPSA) is 51.8 Å². The summed E-state index contributed by atoms with van der Waals surface area (Å²) < 4.78 is 7.01. The van der Waals surface area contributed by atoms with Gasteiger partial charge >= 0.3 is 0 Å². The van der Waals surface area contributed by atoms with Crippen LogP contribution in [0, 0.1) is 0 Å². The number of aromatic nitrogens is 3. The van der Waals surface area contributed by atoms with Crippen LogP contribution in [0.15, 0.2) is 193 Å². The van der Waals surface area contributed by atoms with Crippen LogP contribution >= 0.6 is 0 Å². The Balaban J connectivity index is 1.21. The number of furan rings is 1. The van der Waals surface area contributed by atoms with Crippen LogP contribution in [0.3, 0.4) is 0 Å². The van der Waals surface area contributed by atoms with Crippen molar-refractivity contribution in [3.63, 3.8) is 0 Å². The summed E-state index contributed by atoms with van der Waals surface area (Å²) >= 11 is 0. The zero-order valence-corrected chi connectivity index (χ0v) is 28.6. The van der Waals surface area contributed by atoms with Gasteiger partial charge in [-0.15, -0.1) is 0 Å². The average molecular weight is 678 g/mol. The molecule has 10 aromatic rings. The van der Waals surface area contributed by atoms with Crippen LogP contribution in [0.1, 0.15) is 0 Å². The second-order valence-corrected chi connectivity index (χ2v) is 13.2. The molecule has 4 nitrogen and oxygen atoms in total. The van der Waals surface area contributed by atoms with Crippen molar-refractivity contribution < 1.29 is 4.42 Å². The van der Waals surface area contributed by atoms with Gasteiger partial charge in [-0.1, -0.05) is 158 Å². The third kappa shape index (κ3) is 5.54. The van der Waals surface area contributed by atoms with E-state index in [9.17, 15) is 0 Å². The molecule has 0 bridgehead atoms. The van der Waals surface area contributed by atoms with E-state index in [1.54, 1.807) is 0 Å². The van der Waals surface area contributed by atoms with Crippen LogP contribution in [0.2, 0.25) is 0 Å². The molecule has 10 rings (SSSR count). The highest BCUT2D eigenvalue weighted by Gasteiger charge is 2.22. The van der Waals surface area contributed by atoms with Gasteiger partial charge in [0.05, 0.1) is 17.1 Å². The van der Waals surface area contributed by atoms with Crippen molar-refractivity contribution in [1.82, 2.24) is 15.0 Å². The minimum absolute atomic E-state index is 0.612. The standard InChI is InChI=1S/C49H31N3O/c1-4-13-32(14-5-1)33-23-25-35(26-24-33)39-21-12-22-41-46-42(28-27-40(48(46)53-47(39)41)34-15-6-2-7-16-34)49-51-43(36-17-8-3-9-18-36)30-45(52-49)44-29-37-19-10-11-20-38(37)31-50-44/h1-31H. The predicted molar refractivity (Wildman–Crippen MR) is 217 cm³/mol. The lowest BCUT2D eigenvalue weighted by Gasteiger charge is -2.11. The van der Waals surface area contributed by atoms with Crippen molar-refractivity contribution in [1.29, 1.82) is 0 Å². The highest BCUT2D eigenvalue weighted by Crippen LogP contribution is 2.44. The van der Waals surface area contributed by atoms with Crippen LogP contribution < -0.4 is 0 Å². The molecule has 0 aliphatic rings. The fourth-order valence-corrected chi connectivity index (χ4v) is 7.31. The third-order valence-corrected chi connectivity index (χ3v) is 9.96. The van der Waals surface area contributed by atoms with Crippen LogP contribution in [-0.2, 0) is 0 Å². The molecule has 0 spiro atoms. The van der Waals surface area contributed by atoms with E-state index in [1.165, 1.54) is 11.1 Å². The number of pyridine rings is 1. The minimum atomic E-state index is 0.612. The largest absolute Gasteiger partial charge is 0.455 e. The van der Waals surface area contributed by atoms with E-state index in [0.29, 0.717) is 5.82 Å². The molecule has 3 heterocycles. The number of para-hydroxylation sites is 1. The first-order chi connectivity index (χ1) is 26.3. The number of rotatable bonds is 6. The normalized spacial score (nSPS) is 11.4. The number of hydrogen-bond donors (Lipinski definition) is 0. The monoisotopic (exact) mass is 677 g/mol. The molecule has 0 fully saturated rings. The maximum Gasteiger partial charge on any atom is 0.161 e. The molecule has 0 amide bonds. The maximum absolute atomic E-state index is 7.01. The van der Waals surface area contributed by atoms with Crippen LogP contribution in [0.25, 0.3) is 100 Å². The van der Waals surface area contributed by atoms with Gasteiger partial charge in [0.2, 0.25) is 0 Å². The zero-order chi connectivity index (χ0) is 35.1.